The third-order valence-electron chi connectivity index (χ3n) is 2.56. The topological polar surface area (TPSA) is 29.3 Å². The molecule has 1 rings (SSSR count). The molecule has 1 fully saturated rings. The van der Waals surface area contributed by atoms with E-state index in [1.165, 1.54) is 19.5 Å². The van der Waals surface area contributed by atoms with Crippen molar-refractivity contribution in [1.82, 2.24) is 4.90 Å². The first kappa shape index (κ1) is 9.01. The van der Waals surface area contributed by atoms with Crippen molar-refractivity contribution in [3.63, 3.8) is 0 Å². The van der Waals surface area contributed by atoms with Crippen LogP contribution in [-0.2, 0) is 0 Å². The molecule has 2 heteroatoms. The molecule has 0 spiro atoms. The van der Waals surface area contributed by atoms with E-state index in [0.717, 1.165) is 24.9 Å². The molecule has 2 nitrogen and oxygen atoms in total. The summed E-state index contributed by atoms with van der Waals surface area (Å²) in [4.78, 5) is 2.55. The van der Waals surface area contributed by atoms with E-state index in [-0.39, 0.29) is 0 Å². The number of nitrogens with two attached hydrogens (primary N) is 1. The van der Waals surface area contributed by atoms with Crippen LogP contribution in [0.25, 0.3) is 0 Å². The molecule has 1 aliphatic rings. The summed E-state index contributed by atoms with van der Waals surface area (Å²) in [6.45, 7) is 7.96. The van der Waals surface area contributed by atoms with Gasteiger partial charge < -0.3 is 10.6 Å². The molecule has 2 atom stereocenters. The molecule has 1 saturated heterocycles. The number of nitrogens with zero attached hydrogens (tertiary/aromatic N) is 1. The smallest absolute Gasteiger partial charge is 0.00700 e. The van der Waals surface area contributed by atoms with Crippen LogP contribution in [0.5, 0.6) is 0 Å². The van der Waals surface area contributed by atoms with Gasteiger partial charge in [0, 0.05) is 12.6 Å². The fraction of sp³-hybridized carbons (Fsp3) is 1.00. The minimum Gasteiger partial charge on any atom is -0.330 e. The molecular formula is C9H20N2. The van der Waals surface area contributed by atoms with Gasteiger partial charge >= 0.3 is 0 Å². The largest absolute Gasteiger partial charge is 0.330 e. The zero-order valence-corrected chi connectivity index (χ0v) is 7.71. The molecule has 0 aromatic rings. The summed E-state index contributed by atoms with van der Waals surface area (Å²) in [5, 5.41) is 0. The molecule has 0 amide bonds. The van der Waals surface area contributed by atoms with E-state index in [1.807, 2.05) is 0 Å². The van der Waals surface area contributed by atoms with Gasteiger partial charge in [0.05, 0.1) is 0 Å². The fourth-order valence-electron chi connectivity index (χ4n) is 1.99. The van der Waals surface area contributed by atoms with Gasteiger partial charge in [-0.05, 0) is 38.8 Å². The molecule has 0 bridgehead atoms. The van der Waals surface area contributed by atoms with Crippen molar-refractivity contribution in [2.45, 2.75) is 32.7 Å². The summed E-state index contributed by atoms with van der Waals surface area (Å²) in [6.07, 6.45) is 2.52. The van der Waals surface area contributed by atoms with Crippen LogP contribution in [0.4, 0.5) is 0 Å². The van der Waals surface area contributed by atoms with E-state index >= 15 is 0 Å². The highest BCUT2D eigenvalue weighted by Gasteiger charge is 2.24. The third-order valence-corrected chi connectivity index (χ3v) is 2.56. The average Bonchev–Trinajstić information content (AvgIpc) is 2.26. The maximum atomic E-state index is 5.46. The lowest BCUT2D eigenvalue weighted by Crippen LogP contribution is -2.29. The lowest BCUT2D eigenvalue weighted by Gasteiger charge is -2.20. The monoisotopic (exact) mass is 156 g/mol. The van der Waals surface area contributed by atoms with E-state index in [9.17, 15) is 0 Å². The van der Waals surface area contributed by atoms with Crippen LogP contribution in [0.2, 0.25) is 0 Å². The van der Waals surface area contributed by atoms with Crippen molar-refractivity contribution in [1.29, 1.82) is 0 Å². The predicted molar refractivity (Wildman–Crippen MR) is 48.5 cm³/mol. The molecule has 11 heavy (non-hydrogen) atoms. The maximum absolute atomic E-state index is 5.46. The predicted octanol–water partition coefficient (Wildman–Crippen LogP) is 1.07. The minimum atomic E-state index is 0.788. The number of hydrogen-bond acceptors (Lipinski definition) is 2. The molecule has 66 valence electrons. The Morgan fingerprint density at radius 1 is 1.45 bits per heavy atom. The van der Waals surface area contributed by atoms with Crippen LogP contribution >= 0.6 is 0 Å². The van der Waals surface area contributed by atoms with Crippen molar-refractivity contribution in [3.05, 3.63) is 0 Å². The van der Waals surface area contributed by atoms with Crippen LogP contribution < -0.4 is 5.73 Å². The Bertz CT molecular complexity index is 114. The van der Waals surface area contributed by atoms with Crippen LogP contribution in [0.1, 0.15) is 26.7 Å². The number of likely N-dealkylation sites (tertiary alicyclic amines) is 1. The Morgan fingerprint density at radius 3 is 2.64 bits per heavy atom. The zero-order chi connectivity index (χ0) is 8.27. The lowest BCUT2D eigenvalue weighted by atomic mass is 10.1. The highest BCUT2D eigenvalue weighted by molar-refractivity contribution is 4.79. The second-order valence-corrected chi connectivity index (χ2v) is 3.83. The molecule has 1 aliphatic heterocycles. The van der Waals surface area contributed by atoms with Gasteiger partial charge in [-0.2, -0.15) is 0 Å². The third kappa shape index (κ3) is 2.46. The SMILES string of the molecule is CC1CC(C)N(CCCN)C1. The summed E-state index contributed by atoms with van der Waals surface area (Å²) in [5.41, 5.74) is 5.46. The molecule has 2 unspecified atom stereocenters. The van der Waals surface area contributed by atoms with Gasteiger partial charge in [-0.15, -0.1) is 0 Å². The molecule has 0 radical (unpaired) electrons. The van der Waals surface area contributed by atoms with Gasteiger partial charge in [0.1, 0.15) is 0 Å². The number of rotatable bonds is 3. The van der Waals surface area contributed by atoms with Crippen LogP contribution in [0, 0.1) is 5.92 Å². The van der Waals surface area contributed by atoms with E-state index in [1.54, 1.807) is 0 Å². The maximum Gasteiger partial charge on any atom is 0.00700 e. The van der Waals surface area contributed by atoms with Crippen molar-refractivity contribution in [2.75, 3.05) is 19.6 Å². The van der Waals surface area contributed by atoms with E-state index in [4.69, 9.17) is 5.73 Å². The molecule has 0 saturated carbocycles. The van der Waals surface area contributed by atoms with Gasteiger partial charge in [-0.25, -0.2) is 0 Å². The highest BCUT2D eigenvalue weighted by atomic mass is 15.2. The normalized spacial score (nSPS) is 33.0. The van der Waals surface area contributed by atoms with Crippen LogP contribution in [-0.4, -0.2) is 30.6 Å². The molecule has 0 aromatic carbocycles. The fourth-order valence-corrected chi connectivity index (χ4v) is 1.99. The highest BCUT2D eigenvalue weighted by Crippen LogP contribution is 2.21. The Morgan fingerprint density at radius 2 is 2.18 bits per heavy atom. The Balaban J connectivity index is 2.23. The summed E-state index contributed by atoms with van der Waals surface area (Å²) >= 11 is 0. The summed E-state index contributed by atoms with van der Waals surface area (Å²) < 4.78 is 0. The van der Waals surface area contributed by atoms with Gasteiger partial charge in [-0.3, -0.25) is 0 Å². The second kappa shape index (κ2) is 4.07. The first-order chi connectivity index (χ1) is 5.24. The van der Waals surface area contributed by atoms with Crippen molar-refractivity contribution in [3.8, 4) is 0 Å². The molecule has 0 aliphatic carbocycles. The van der Waals surface area contributed by atoms with E-state index in [0.29, 0.717) is 0 Å². The van der Waals surface area contributed by atoms with Gasteiger partial charge in [0.15, 0.2) is 0 Å². The standard InChI is InChI=1S/C9H20N2/c1-8-6-9(2)11(7-8)5-3-4-10/h8-9H,3-7,10H2,1-2H3. The van der Waals surface area contributed by atoms with E-state index < -0.39 is 0 Å². The summed E-state index contributed by atoms with van der Waals surface area (Å²) in [6, 6.07) is 0.788. The Labute approximate surface area is 69.8 Å². The summed E-state index contributed by atoms with van der Waals surface area (Å²) in [7, 11) is 0. The first-order valence-corrected chi connectivity index (χ1v) is 4.68. The van der Waals surface area contributed by atoms with Crippen molar-refractivity contribution in [2.24, 2.45) is 11.7 Å². The van der Waals surface area contributed by atoms with E-state index in [2.05, 4.69) is 18.7 Å². The molecule has 1 heterocycles. The van der Waals surface area contributed by atoms with Crippen LogP contribution in [0.15, 0.2) is 0 Å². The molecule has 0 aromatic heterocycles. The summed E-state index contributed by atoms with van der Waals surface area (Å²) in [5.74, 6) is 0.891. The van der Waals surface area contributed by atoms with Gasteiger partial charge in [-0.1, -0.05) is 6.92 Å². The quantitative estimate of drug-likeness (QED) is 0.662. The zero-order valence-electron chi connectivity index (χ0n) is 7.71. The van der Waals surface area contributed by atoms with Crippen molar-refractivity contribution < 1.29 is 0 Å². The van der Waals surface area contributed by atoms with Gasteiger partial charge in [0.25, 0.3) is 0 Å². The Hall–Kier alpha value is -0.0800. The average molecular weight is 156 g/mol. The van der Waals surface area contributed by atoms with Gasteiger partial charge in [0.2, 0.25) is 0 Å². The molecular weight excluding hydrogens is 136 g/mol. The van der Waals surface area contributed by atoms with Crippen molar-refractivity contribution >= 4 is 0 Å². The number of hydrogen-bond donors (Lipinski definition) is 1. The first-order valence-electron chi connectivity index (χ1n) is 4.68. The minimum absolute atomic E-state index is 0.788. The van der Waals surface area contributed by atoms with Crippen LogP contribution in [0.3, 0.4) is 0 Å². The molecule has 2 N–H and O–H groups in total. The lowest BCUT2D eigenvalue weighted by molar-refractivity contribution is 0.263. The second-order valence-electron chi connectivity index (χ2n) is 3.83. The Kier molecular flexibility index (Phi) is 3.34.